The number of halogens is 1. The molecular formula is C12H14FNOS. The van der Waals surface area contributed by atoms with Crippen LogP contribution in [0.15, 0.2) is 18.2 Å². The largest absolute Gasteiger partial charge is 0.494 e. The van der Waals surface area contributed by atoms with Gasteiger partial charge in [0.2, 0.25) is 0 Å². The van der Waals surface area contributed by atoms with Crippen LogP contribution in [-0.2, 0) is 6.42 Å². The standard InChI is InChI=1S/C12H14FNOS/c1-2-15-12-6-5-11(13)8-10(12)4-3-7-16-9-14/h5-6,8H,2-4,7H2,1H3. The zero-order valence-electron chi connectivity index (χ0n) is 9.20. The number of hydrogen-bond acceptors (Lipinski definition) is 3. The second-order valence-corrected chi connectivity index (χ2v) is 4.11. The first-order valence-electron chi connectivity index (χ1n) is 5.20. The Morgan fingerprint density at radius 2 is 2.31 bits per heavy atom. The van der Waals surface area contributed by atoms with E-state index >= 15 is 0 Å². The van der Waals surface area contributed by atoms with Gasteiger partial charge in [0.1, 0.15) is 17.0 Å². The monoisotopic (exact) mass is 239 g/mol. The van der Waals surface area contributed by atoms with Crippen LogP contribution in [0.4, 0.5) is 4.39 Å². The maximum atomic E-state index is 13.0. The van der Waals surface area contributed by atoms with Crippen molar-refractivity contribution < 1.29 is 9.13 Å². The molecule has 4 heteroatoms. The van der Waals surface area contributed by atoms with Crippen molar-refractivity contribution >= 4 is 11.8 Å². The second-order valence-electron chi connectivity index (χ2n) is 3.23. The van der Waals surface area contributed by atoms with Crippen LogP contribution in [0.1, 0.15) is 18.9 Å². The van der Waals surface area contributed by atoms with Crippen LogP contribution in [0.25, 0.3) is 0 Å². The Balaban J connectivity index is 2.61. The summed E-state index contributed by atoms with van der Waals surface area (Å²) in [5.41, 5.74) is 0.875. The third-order valence-corrected chi connectivity index (χ3v) is 2.70. The van der Waals surface area contributed by atoms with E-state index in [0.29, 0.717) is 6.61 Å². The number of aryl methyl sites for hydroxylation is 1. The first-order chi connectivity index (χ1) is 7.77. The summed E-state index contributed by atoms with van der Waals surface area (Å²) in [4.78, 5) is 0. The van der Waals surface area contributed by atoms with E-state index in [1.165, 1.54) is 23.9 Å². The summed E-state index contributed by atoms with van der Waals surface area (Å²) >= 11 is 1.22. The van der Waals surface area contributed by atoms with Crippen LogP contribution in [0, 0.1) is 16.5 Å². The lowest BCUT2D eigenvalue weighted by molar-refractivity contribution is 0.335. The lowest BCUT2D eigenvalue weighted by Gasteiger charge is -2.09. The molecule has 1 rings (SSSR count). The van der Waals surface area contributed by atoms with Crippen LogP contribution < -0.4 is 4.74 Å². The fraction of sp³-hybridized carbons (Fsp3) is 0.417. The number of benzene rings is 1. The Morgan fingerprint density at radius 1 is 1.50 bits per heavy atom. The molecule has 0 aliphatic heterocycles. The third kappa shape index (κ3) is 4.11. The average molecular weight is 239 g/mol. The van der Waals surface area contributed by atoms with E-state index in [1.54, 1.807) is 6.07 Å². The molecule has 2 nitrogen and oxygen atoms in total. The van der Waals surface area contributed by atoms with E-state index in [9.17, 15) is 4.39 Å². The Hall–Kier alpha value is -1.21. The van der Waals surface area contributed by atoms with Gasteiger partial charge < -0.3 is 4.74 Å². The van der Waals surface area contributed by atoms with Gasteiger partial charge in [-0.15, -0.1) is 0 Å². The smallest absolute Gasteiger partial charge is 0.133 e. The molecule has 86 valence electrons. The van der Waals surface area contributed by atoms with Gasteiger partial charge in [-0.3, -0.25) is 0 Å². The molecule has 0 aliphatic carbocycles. The normalized spacial score (nSPS) is 9.81. The number of rotatable bonds is 6. The summed E-state index contributed by atoms with van der Waals surface area (Å²) in [6, 6.07) is 4.56. The fourth-order valence-corrected chi connectivity index (χ4v) is 1.80. The molecule has 0 atom stereocenters. The number of ether oxygens (including phenoxy) is 1. The molecule has 16 heavy (non-hydrogen) atoms. The van der Waals surface area contributed by atoms with Crippen molar-refractivity contribution in [2.45, 2.75) is 19.8 Å². The van der Waals surface area contributed by atoms with Crippen molar-refractivity contribution in [1.82, 2.24) is 0 Å². The minimum Gasteiger partial charge on any atom is -0.494 e. The quantitative estimate of drug-likeness (QED) is 0.563. The molecule has 0 fully saturated rings. The summed E-state index contributed by atoms with van der Waals surface area (Å²) in [5, 5.41) is 10.4. The summed E-state index contributed by atoms with van der Waals surface area (Å²) in [7, 11) is 0. The molecule has 0 bridgehead atoms. The zero-order valence-corrected chi connectivity index (χ0v) is 10.0. The Morgan fingerprint density at radius 3 is 3.00 bits per heavy atom. The van der Waals surface area contributed by atoms with Crippen molar-refractivity contribution in [1.29, 1.82) is 5.26 Å². The summed E-state index contributed by atoms with van der Waals surface area (Å²) < 4.78 is 18.5. The third-order valence-electron chi connectivity index (χ3n) is 2.08. The predicted octanol–water partition coefficient (Wildman–Crippen LogP) is 3.37. The number of thiocyanates is 1. The van der Waals surface area contributed by atoms with Crippen LogP contribution >= 0.6 is 11.8 Å². The SMILES string of the molecule is CCOc1ccc(F)cc1CCCSC#N. The highest BCUT2D eigenvalue weighted by molar-refractivity contribution is 8.03. The van der Waals surface area contributed by atoms with Gasteiger partial charge in [-0.1, -0.05) is 0 Å². The molecule has 0 N–H and O–H groups in total. The number of nitriles is 1. The van der Waals surface area contributed by atoms with Gasteiger partial charge >= 0.3 is 0 Å². The van der Waals surface area contributed by atoms with Crippen molar-refractivity contribution in [3.8, 4) is 11.2 Å². The molecule has 1 aromatic carbocycles. The van der Waals surface area contributed by atoms with E-state index in [2.05, 4.69) is 0 Å². The van der Waals surface area contributed by atoms with E-state index in [-0.39, 0.29) is 5.82 Å². The molecule has 0 saturated heterocycles. The first kappa shape index (κ1) is 12.9. The van der Waals surface area contributed by atoms with Gasteiger partial charge in [-0.05, 0) is 55.3 Å². The fourth-order valence-electron chi connectivity index (χ4n) is 1.42. The van der Waals surface area contributed by atoms with Crippen molar-refractivity contribution in [2.75, 3.05) is 12.4 Å². The molecule has 0 heterocycles. The Bertz CT molecular complexity index is 376. The van der Waals surface area contributed by atoms with Gasteiger partial charge in [0.05, 0.1) is 6.61 Å². The molecule has 0 radical (unpaired) electrons. The van der Waals surface area contributed by atoms with Gasteiger partial charge in [-0.2, -0.15) is 5.26 Å². The van der Waals surface area contributed by atoms with Gasteiger partial charge in [0.25, 0.3) is 0 Å². The molecule has 0 amide bonds. The Labute approximate surface area is 99.4 Å². The van der Waals surface area contributed by atoms with E-state index in [4.69, 9.17) is 10.00 Å². The van der Waals surface area contributed by atoms with Gasteiger partial charge in [0, 0.05) is 5.75 Å². The maximum Gasteiger partial charge on any atom is 0.133 e. The maximum absolute atomic E-state index is 13.0. The molecule has 0 unspecified atom stereocenters. The van der Waals surface area contributed by atoms with Gasteiger partial charge in [-0.25, -0.2) is 4.39 Å². The van der Waals surface area contributed by atoms with Gasteiger partial charge in [0.15, 0.2) is 0 Å². The molecule has 0 aromatic heterocycles. The van der Waals surface area contributed by atoms with Crippen LogP contribution in [0.2, 0.25) is 0 Å². The lowest BCUT2D eigenvalue weighted by atomic mass is 10.1. The lowest BCUT2D eigenvalue weighted by Crippen LogP contribution is -1.98. The molecule has 0 spiro atoms. The van der Waals surface area contributed by atoms with Crippen molar-refractivity contribution in [3.63, 3.8) is 0 Å². The zero-order chi connectivity index (χ0) is 11.8. The second kappa shape index (κ2) is 7.13. The summed E-state index contributed by atoms with van der Waals surface area (Å²) in [6.45, 7) is 2.48. The van der Waals surface area contributed by atoms with Crippen molar-refractivity contribution in [3.05, 3.63) is 29.6 Å². The first-order valence-corrected chi connectivity index (χ1v) is 6.18. The Kier molecular flexibility index (Phi) is 5.73. The summed E-state index contributed by atoms with van der Waals surface area (Å²) in [5.74, 6) is 1.26. The molecule has 1 aromatic rings. The minimum atomic E-state index is -0.244. The molecule has 0 saturated carbocycles. The van der Waals surface area contributed by atoms with E-state index in [0.717, 1.165) is 29.9 Å². The van der Waals surface area contributed by atoms with Crippen molar-refractivity contribution in [2.24, 2.45) is 0 Å². The number of hydrogen-bond donors (Lipinski definition) is 0. The highest BCUT2D eigenvalue weighted by Gasteiger charge is 2.04. The van der Waals surface area contributed by atoms with Crippen LogP contribution in [0.3, 0.4) is 0 Å². The van der Waals surface area contributed by atoms with Crippen LogP contribution in [-0.4, -0.2) is 12.4 Å². The molecular weight excluding hydrogens is 225 g/mol. The highest BCUT2D eigenvalue weighted by atomic mass is 32.2. The number of thioether (sulfide) groups is 1. The van der Waals surface area contributed by atoms with E-state index in [1.807, 2.05) is 12.3 Å². The summed E-state index contributed by atoms with van der Waals surface area (Å²) in [6.07, 6.45) is 1.59. The topological polar surface area (TPSA) is 33.0 Å². The molecule has 0 aliphatic rings. The highest BCUT2D eigenvalue weighted by Crippen LogP contribution is 2.21. The number of nitrogens with zero attached hydrogens (tertiary/aromatic N) is 1. The van der Waals surface area contributed by atoms with Crippen LogP contribution in [0.5, 0.6) is 5.75 Å². The van der Waals surface area contributed by atoms with E-state index < -0.39 is 0 Å². The average Bonchev–Trinajstić information content (AvgIpc) is 2.28. The minimum absolute atomic E-state index is 0.244. The predicted molar refractivity (Wildman–Crippen MR) is 64.0 cm³/mol.